The van der Waals surface area contributed by atoms with E-state index in [0.717, 1.165) is 25.2 Å². The quantitative estimate of drug-likeness (QED) is 0.220. The van der Waals surface area contributed by atoms with Crippen molar-refractivity contribution in [2.45, 2.75) is 110 Å². The van der Waals surface area contributed by atoms with Crippen LogP contribution in [0.1, 0.15) is 97.7 Å². The van der Waals surface area contributed by atoms with Gasteiger partial charge in [-0.15, -0.1) is 0 Å². The molecule has 9 nitrogen and oxygen atoms in total. The van der Waals surface area contributed by atoms with Crippen LogP contribution in [0.4, 0.5) is 11.5 Å². The van der Waals surface area contributed by atoms with Crippen LogP contribution in [0.25, 0.3) is 0 Å². The zero-order valence-electron chi connectivity index (χ0n) is 22.6. The van der Waals surface area contributed by atoms with Crippen molar-refractivity contribution in [3.05, 3.63) is 12.0 Å². The summed E-state index contributed by atoms with van der Waals surface area (Å²) in [7, 11) is 0. The molecule has 1 unspecified atom stereocenters. The molecule has 0 aliphatic heterocycles. The van der Waals surface area contributed by atoms with E-state index in [0.29, 0.717) is 18.7 Å². The SMILES string of the molecule is Cc1ncc(NC=O)c(NC(=O)[C@](NC(=O)CCCCCC2CCCCC2)(C(C)C)[C@@H](C)C(C)O)n1. The van der Waals surface area contributed by atoms with Gasteiger partial charge in [-0.2, -0.15) is 0 Å². The van der Waals surface area contributed by atoms with E-state index in [-0.39, 0.29) is 23.3 Å². The predicted molar refractivity (Wildman–Crippen MR) is 141 cm³/mol. The first kappa shape index (κ1) is 29.7. The van der Waals surface area contributed by atoms with Crippen LogP contribution >= 0.6 is 0 Å². The Morgan fingerprint density at radius 1 is 1.14 bits per heavy atom. The van der Waals surface area contributed by atoms with Crippen molar-refractivity contribution in [2.24, 2.45) is 17.8 Å². The van der Waals surface area contributed by atoms with Gasteiger partial charge in [-0.05, 0) is 32.1 Å². The minimum Gasteiger partial charge on any atom is -0.393 e. The van der Waals surface area contributed by atoms with E-state index in [4.69, 9.17) is 0 Å². The Bertz CT molecular complexity index is 870. The summed E-state index contributed by atoms with van der Waals surface area (Å²) in [5.74, 6) is -0.239. The van der Waals surface area contributed by atoms with Crippen LogP contribution < -0.4 is 16.0 Å². The van der Waals surface area contributed by atoms with E-state index in [1.165, 1.54) is 44.7 Å². The molecule has 1 saturated carbocycles. The smallest absolute Gasteiger partial charge is 0.251 e. The van der Waals surface area contributed by atoms with Gasteiger partial charge in [0.15, 0.2) is 5.82 Å². The summed E-state index contributed by atoms with van der Waals surface area (Å²) in [5.41, 5.74) is -1.14. The summed E-state index contributed by atoms with van der Waals surface area (Å²) in [4.78, 5) is 46.2. The second-order valence-electron chi connectivity index (χ2n) is 10.6. The van der Waals surface area contributed by atoms with Crippen molar-refractivity contribution >= 4 is 29.7 Å². The van der Waals surface area contributed by atoms with Crippen LogP contribution in [0.2, 0.25) is 0 Å². The monoisotopic (exact) mass is 503 g/mol. The van der Waals surface area contributed by atoms with Crippen molar-refractivity contribution < 1.29 is 19.5 Å². The molecule has 1 aliphatic carbocycles. The zero-order chi connectivity index (χ0) is 26.7. The van der Waals surface area contributed by atoms with Gasteiger partial charge in [0.2, 0.25) is 12.3 Å². The maximum atomic E-state index is 13.8. The minimum atomic E-state index is -1.38. The van der Waals surface area contributed by atoms with E-state index in [2.05, 4.69) is 25.9 Å². The van der Waals surface area contributed by atoms with Gasteiger partial charge in [-0.3, -0.25) is 14.4 Å². The lowest BCUT2D eigenvalue weighted by atomic mass is 9.72. The summed E-state index contributed by atoms with van der Waals surface area (Å²) in [6, 6.07) is 0. The molecule has 0 aromatic carbocycles. The first-order valence-corrected chi connectivity index (χ1v) is 13.5. The lowest BCUT2D eigenvalue weighted by Gasteiger charge is -2.43. The standard InChI is InChI=1S/C27H45N5O4/c1-18(2)27(19(3)20(4)34,26(36)31-25-23(29-17-33)16-28-21(5)30-25)32-24(35)15-11-7-10-14-22-12-8-6-9-13-22/h16-20,22,34H,6-15H2,1-5H3,(H,29,33)(H,32,35)(H,28,30,31,36)/t19-,20?,27-/m0/s1. The fourth-order valence-corrected chi connectivity index (χ4v) is 5.30. The number of unbranched alkanes of at least 4 members (excludes halogenated alkanes) is 2. The maximum Gasteiger partial charge on any atom is 0.251 e. The molecule has 3 amide bonds. The highest BCUT2D eigenvalue weighted by Crippen LogP contribution is 2.32. The lowest BCUT2D eigenvalue weighted by Crippen LogP contribution is -2.66. The van der Waals surface area contributed by atoms with Crippen molar-refractivity contribution in [2.75, 3.05) is 10.6 Å². The van der Waals surface area contributed by atoms with Gasteiger partial charge in [-0.1, -0.05) is 72.1 Å². The minimum absolute atomic E-state index is 0.138. The molecule has 1 aliphatic rings. The summed E-state index contributed by atoms with van der Waals surface area (Å²) < 4.78 is 0. The van der Waals surface area contributed by atoms with Gasteiger partial charge in [-0.25, -0.2) is 9.97 Å². The van der Waals surface area contributed by atoms with Crippen LogP contribution in [0.3, 0.4) is 0 Å². The first-order valence-electron chi connectivity index (χ1n) is 13.5. The van der Waals surface area contributed by atoms with E-state index < -0.39 is 23.5 Å². The van der Waals surface area contributed by atoms with Gasteiger partial charge in [0.25, 0.3) is 5.91 Å². The molecule has 1 fully saturated rings. The molecule has 2 rings (SSSR count). The second kappa shape index (κ2) is 14.3. The number of aliphatic hydroxyl groups is 1. The molecule has 4 N–H and O–H groups in total. The number of aryl methyl sites for hydroxylation is 1. The molecule has 0 bridgehead atoms. The molecule has 0 radical (unpaired) electrons. The van der Waals surface area contributed by atoms with Crippen molar-refractivity contribution in [3.63, 3.8) is 0 Å². The molecule has 1 heterocycles. The third-order valence-corrected chi connectivity index (χ3v) is 7.67. The summed E-state index contributed by atoms with van der Waals surface area (Å²) in [6.07, 6.45) is 12.2. The first-order chi connectivity index (χ1) is 17.1. The highest BCUT2D eigenvalue weighted by molar-refractivity contribution is 6.02. The van der Waals surface area contributed by atoms with Crippen molar-refractivity contribution in [3.8, 4) is 0 Å². The number of rotatable bonds is 14. The summed E-state index contributed by atoms with van der Waals surface area (Å²) in [5, 5.41) is 18.7. The molecule has 36 heavy (non-hydrogen) atoms. The second-order valence-corrected chi connectivity index (χ2v) is 10.6. The number of aromatic nitrogens is 2. The Kier molecular flexibility index (Phi) is 11.8. The molecule has 202 valence electrons. The summed E-state index contributed by atoms with van der Waals surface area (Å²) >= 11 is 0. The Labute approximate surface area is 215 Å². The largest absolute Gasteiger partial charge is 0.393 e. The van der Waals surface area contributed by atoms with E-state index in [9.17, 15) is 19.5 Å². The van der Waals surface area contributed by atoms with Crippen molar-refractivity contribution in [1.82, 2.24) is 15.3 Å². The number of carbonyl (C=O) groups excluding carboxylic acids is 3. The predicted octanol–water partition coefficient (Wildman–Crippen LogP) is 4.35. The van der Waals surface area contributed by atoms with Gasteiger partial charge in [0, 0.05) is 12.3 Å². The number of carbonyl (C=O) groups is 3. The van der Waals surface area contributed by atoms with Crippen LogP contribution in [0.5, 0.6) is 0 Å². The molecule has 1 aromatic rings. The number of aliphatic hydroxyl groups excluding tert-OH is 1. The van der Waals surface area contributed by atoms with E-state index >= 15 is 0 Å². The third-order valence-electron chi connectivity index (χ3n) is 7.67. The summed E-state index contributed by atoms with van der Waals surface area (Å²) in [6.45, 7) is 8.73. The number of hydrogen-bond acceptors (Lipinski definition) is 6. The Morgan fingerprint density at radius 2 is 1.83 bits per heavy atom. The highest BCUT2D eigenvalue weighted by atomic mass is 16.3. The fraction of sp³-hybridized carbons (Fsp3) is 0.741. The maximum absolute atomic E-state index is 13.8. The third kappa shape index (κ3) is 7.98. The topological polar surface area (TPSA) is 133 Å². The van der Waals surface area contributed by atoms with Crippen LogP contribution in [0, 0.1) is 24.7 Å². The number of nitrogens with one attached hydrogen (secondary N) is 3. The normalized spacial score (nSPS) is 17.6. The van der Waals surface area contributed by atoms with Crippen LogP contribution in [-0.2, 0) is 14.4 Å². The van der Waals surface area contributed by atoms with Crippen molar-refractivity contribution in [1.29, 1.82) is 0 Å². The number of hydrogen-bond donors (Lipinski definition) is 4. The fourth-order valence-electron chi connectivity index (χ4n) is 5.30. The van der Waals surface area contributed by atoms with E-state index in [1.54, 1.807) is 20.8 Å². The van der Waals surface area contributed by atoms with Crippen LogP contribution in [0.15, 0.2) is 6.20 Å². The molecule has 0 saturated heterocycles. The Hall–Kier alpha value is -2.55. The molecule has 0 spiro atoms. The average molecular weight is 504 g/mol. The van der Waals surface area contributed by atoms with Gasteiger partial charge < -0.3 is 21.1 Å². The van der Waals surface area contributed by atoms with E-state index in [1.807, 2.05) is 13.8 Å². The lowest BCUT2D eigenvalue weighted by molar-refractivity contribution is -0.137. The number of nitrogens with zero attached hydrogens (tertiary/aromatic N) is 2. The highest BCUT2D eigenvalue weighted by Gasteiger charge is 2.49. The van der Waals surface area contributed by atoms with Gasteiger partial charge >= 0.3 is 0 Å². The molecule has 9 heteroatoms. The Morgan fingerprint density at radius 3 is 2.44 bits per heavy atom. The van der Waals surface area contributed by atoms with Gasteiger partial charge in [0.1, 0.15) is 17.1 Å². The zero-order valence-corrected chi connectivity index (χ0v) is 22.6. The average Bonchev–Trinajstić information content (AvgIpc) is 2.84. The molecular weight excluding hydrogens is 458 g/mol. The molecule has 1 aromatic heterocycles. The number of amides is 3. The number of anilines is 2. The van der Waals surface area contributed by atoms with Crippen LogP contribution in [-0.4, -0.2) is 44.9 Å². The molecular formula is C27H45N5O4. The Balaban J connectivity index is 2.11. The molecule has 3 atom stereocenters. The van der Waals surface area contributed by atoms with Gasteiger partial charge in [0.05, 0.1) is 12.3 Å².